The van der Waals surface area contributed by atoms with Crippen molar-refractivity contribution in [3.63, 3.8) is 0 Å². The quantitative estimate of drug-likeness (QED) is 0.362. The molecule has 0 atom stereocenters. The van der Waals surface area contributed by atoms with Crippen LogP contribution in [0.5, 0.6) is 11.5 Å². The van der Waals surface area contributed by atoms with Gasteiger partial charge in [0.25, 0.3) is 0 Å². The second-order valence-electron chi connectivity index (χ2n) is 6.16. The van der Waals surface area contributed by atoms with Crippen LogP contribution in [0, 0.1) is 6.92 Å². The topological polar surface area (TPSA) is 42.8 Å². The van der Waals surface area contributed by atoms with Gasteiger partial charge in [0.05, 0.1) is 19.0 Å². The molecule has 0 heterocycles. The number of hydrazone groups is 1. The van der Waals surface area contributed by atoms with Gasteiger partial charge in [-0.05, 0) is 66.1 Å². The lowest BCUT2D eigenvalue weighted by Gasteiger charge is -2.11. The van der Waals surface area contributed by atoms with Crippen LogP contribution >= 0.6 is 23.2 Å². The van der Waals surface area contributed by atoms with Gasteiger partial charge in [0.15, 0.2) is 11.5 Å². The molecule has 0 unspecified atom stereocenters. The summed E-state index contributed by atoms with van der Waals surface area (Å²) in [5, 5.41) is 5.65. The summed E-state index contributed by atoms with van der Waals surface area (Å²) in [6.07, 6.45) is 1.71. The number of anilines is 1. The van der Waals surface area contributed by atoms with E-state index in [1.165, 1.54) is 0 Å². The maximum Gasteiger partial charge on any atom is 0.161 e. The summed E-state index contributed by atoms with van der Waals surface area (Å²) in [4.78, 5) is 0. The summed E-state index contributed by atoms with van der Waals surface area (Å²) < 4.78 is 11.3. The van der Waals surface area contributed by atoms with Crippen LogP contribution in [0.25, 0.3) is 0 Å². The molecule has 6 heteroatoms. The van der Waals surface area contributed by atoms with Gasteiger partial charge in [-0.3, -0.25) is 5.43 Å². The molecule has 1 N–H and O–H groups in total. The Bertz CT molecular complexity index is 973. The number of methoxy groups -OCH3 is 1. The van der Waals surface area contributed by atoms with Crippen molar-refractivity contribution in [1.82, 2.24) is 0 Å². The minimum Gasteiger partial charge on any atom is -0.493 e. The Balaban J connectivity index is 1.64. The van der Waals surface area contributed by atoms with Gasteiger partial charge in [0.2, 0.25) is 0 Å². The van der Waals surface area contributed by atoms with E-state index < -0.39 is 0 Å². The molecule has 4 nitrogen and oxygen atoms in total. The van der Waals surface area contributed by atoms with Crippen molar-refractivity contribution in [2.75, 3.05) is 12.5 Å². The monoisotopic (exact) mass is 414 g/mol. The molecule has 0 fully saturated rings. The fraction of sp³-hybridized carbons (Fsp3) is 0.136. The Hall–Kier alpha value is -2.69. The molecule has 3 aromatic carbocycles. The van der Waals surface area contributed by atoms with E-state index in [2.05, 4.69) is 10.5 Å². The molecule has 0 aliphatic carbocycles. The van der Waals surface area contributed by atoms with Crippen molar-refractivity contribution in [3.05, 3.63) is 87.4 Å². The first-order valence-corrected chi connectivity index (χ1v) is 9.41. The van der Waals surface area contributed by atoms with E-state index in [1.54, 1.807) is 13.3 Å². The summed E-state index contributed by atoms with van der Waals surface area (Å²) in [6.45, 7) is 2.38. The van der Waals surface area contributed by atoms with Crippen LogP contribution in [0.3, 0.4) is 0 Å². The maximum absolute atomic E-state index is 6.12. The highest BCUT2D eigenvalue weighted by Gasteiger charge is 2.06. The van der Waals surface area contributed by atoms with Crippen molar-refractivity contribution in [2.45, 2.75) is 13.5 Å². The Morgan fingerprint density at radius 3 is 2.46 bits per heavy atom. The van der Waals surface area contributed by atoms with Crippen LogP contribution in [-0.2, 0) is 6.61 Å². The largest absolute Gasteiger partial charge is 0.493 e. The highest BCUT2D eigenvalue weighted by Crippen LogP contribution is 2.28. The molecule has 3 aromatic rings. The molecule has 0 saturated heterocycles. The van der Waals surface area contributed by atoms with Crippen molar-refractivity contribution in [2.24, 2.45) is 5.10 Å². The lowest BCUT2D eigenvalue weighted by Crippen LogP contribution is -1.98. The van der Waals surface area contributed by atoms with E-state index in [9.17, 15) is 0 Å². The standard InChI is InChI=1S/C22H20Cl2N2O2/c1-15-3-9-19(12-20(15)24)26-25-13-17-6-10-21(22(11-17)27-2)28-14-16-4-7-18(23)8-5-16/h3-13,26H,14H2,1-2H3. The van der Waals surface area contributed by atoms with Crippen molar-refractivity contribution in [1.29, 1.82) is 0 Å². The number of hydrogen-bond acceptors (Lipinski definition) is 4. The third kappa shape index (κ3) is 5.41. The Morgan fingerprint density at radius 2 is 1.75 bits per heavy atom. The van der Waals surface area contributed by atoms with Crippen molar-refractivity contribution in [3.8, 4) is 11.5 Å². The van der Waals surface area contributed by atoms with Crippen LogP contribution in [0.2, 0.25) is 10.0 Å². The zero-order valence-corrected chi connectivity index (χ0v) is 17.1. The summed E-state index contributed by atoms with van der Waals surface area (Å²) in [5.41, 5.74) is 6.71. The van der Waals surface area contributed by atoms with E-state index in [-0.39, 0.29) is 0 Å². The maximum atomic E-state index is 6.12. The van der Waals surface area contributed by atoms with Gasteiger partial charge in [0.1, 0.15) is 6.61 Å². The van der Waals surface area contributed by atoms with E-state index >= 15 is 0 Å². The molecular weight excluding hydrogens is 395 g/mol. The minimum atomic E-state index is 0.427. The number of nitrogens with zero attached hydrogens (tertiary/aromatic N) is 1. The molecule has 0 aliphatic rings. The second kappa shape index (κ2) is 9.49. The molecule has 0 saturated carbocycles. The average molecular weight is 415 g/mol. The van der Waals surface area contributed by atoms with Gasteiger partial charge in [-0.2, -0.15) is 5.10 Å². The van der Waals surface area contributed by atoms with Gasteiger partial charge in [-0.1, -0.05) is 41.4 Å². The van der Waals surface area contributed by atoms with Crippen LogP contribution in [0.15, 0.2) is 65.8 Å². The molecule has 0 radical (unpaired) electrons. The summed E-state index contributed by atoms with van der Waals surface area (Å²) in [7, 11) is 1.61. The molecule has 0 spiro atoms. The highest BCUT2D eigenvalue weighted by molar-refractivity contribution is 6.31. The highest BCUT2D eigenvalue weighted by atomic mass is 35.5. The first-order valence-electron chi connectivity index (χ1n) is 8.65. The van der Waals surface area contributed by atoms with Gasteiger partial charge in [-0.15, -0.1) is 0 Å². The third-order valence-electron chi connectivity index (χ3n) is 4.07. The van der Waals surface area contributed by atoms with Crippen molar-refractivity contribution >= 4 is 35.1 Å². The number of ether oxygens (including phenoxy) is 2. The van der Waals surface area contributed by atoms with E-state index in [4.69, 9.17) is 32.7 Å². The fourth-order valence-corrected chi connectivity index (χ4v) is 2.78. The smallest absolute Gasteiger partial charge is 0.161 e. The molecular formula is C22H20Cl2N2O2. The van der Waals surface area contributed by atoms with Gasteiger partial charge >= 0.3 is 0 Å². The van der Waals surface area contributed by atoms with Crippen molar-refractivity contribution < 1.29 is 9.47 Å². The molecule has 0 aromatic heterocycles. The lowest BCUT2D eigenvalue weighted by molar-refractivity contribution is 0.284. The molecule has 28 heavy (non-hydrogen) atoms. The SMILES string of the molecule is COc1cc(C=NNc2ccc(C)c(Cl)c2)ccc1OCc1ccc(Cl)cc1. The summed E-state index contributed by atoms with van der Waals surface area (Å²) in [6, 6.07) is 18.9. The van der Waals surface area contributed by atoms with E-state index in [0.29, 0.717) is 28.2 Å². The van der Waals surface area contributed by atoms with Crippen LogP contribution < -0.4 is 14.9 Å². The normalized spacial score (nSPS) is 10.9. The summed E-state index contributed by atoms with van der Waals surface area (Å²) in [5.74, 6) is 1.30. The molecule has 144 valence electrons. The second-order valence-corrected chi connectivity index (χ2v) is 7.00. The van der Waals surface area contributed by atoms with Gasteiger partial charge in [-0.25, -0.2) is 0 Å². The number of aryl methyl sites for hydroxylation is 1. The molecule has 3 rings (SSSR count). The number of benzene rings is 3. The fourth-order valence-electron chi connectivity index (χ4n) is 2.47. The summed E-state index contributed by atoms with van der Waals surface area (Å²) >= 11 is 12.0. The Kier molecular flexibility index (Phi) is 6.80. The van der Waals surface area contributed by atoms with Gasteiger partial charge in [0, 0.05) is 10.0 Å². The first-order chi connectivity index (χ1) is 13.5. The van der Waals surface area contributed by atoms with Crippen LogP contribution in [-0.4, -0.2) is 13.3 Å². The van der Waals surface area contributed by atoms with E-state index in [0.717, 1.165) is 22.4 Å². The van der Waals surface area contributed by atoms with Gasteiger partial charge < -0.3 is 9.47 Å². The predicted octanol–water partition coefficient (Wildman–Crippen LogP) is 6.34. The molecule has 0 bridgehead atoms. The average Bonchev–Trinajstić information content (AvgIpc) is 2.70. The van der Waals surface area contributed by atoms with Crippen LogP contribution in [0.1, 0.15) is 16.7 Å². The number of hydrogen-bond donors (Lipinski definition) is 1. The minimum absolute atomic E-state index is 0.427. The number of rotatable bonds is 7. The Labute approximate surface area is 174 Å². The zero-order valence-electron chi connectivity index (χ0n) is 15.6. The number of nitrogens with one attached hydrogen (secondary N) is 1. The molecule has 0 amide bonds. The zero-order chi connectivity index (χ0) is 19.9. The third-order valence-corrected chi connectivity index (χ3v) is 4.73. The number of halogens is 2. The lowest BCUT2D eigenvalue weighted by atomic mass is 10.2. The van der Waals surface area contributed by atoms with E-state index in [1.807, 2.05) is 67.6 Å². The first kappa shape index (κ1) is 20.1. The molecule has 0 aliphatic heterocycles. The van der Waals surface area contributed by atoms with Crippen LogP contribution in [0.4, 0.5) is 5.69 Å². The predicted molar refractivity (Wildman–Crippen MR) is 116 cm³/mol. The Morgan fingerprint density at radius 1 is 0.964 bits per heavy atom.